The second-order valence-corrected chi connectivity index (χ2v) is 7.24. The smallest absolute Gasteiger partial charge is 0.277 e. The minimum atomic E-state index is -0.540. The lowest BCUT2D eigenvalue weighted by atomic mass is 10.0. The molecule has 0 fully saturated rings. The van der Waals surface area contributed by atoms with Crippen LogP contribution in [-0.4, -0.2) is 23.9 Å². The second-order valence-electron chi connectivity index (χ2n) is 7.24. The Balaban J connectivity index is 0.00000137. The maximum atomic E-state index is 11.6. The quantitative estimate of drug-likeness (QED) is 0.222. The molecule has 0 aliphatic carbocycles. The predicted octanol–water partition coefficient (Wildman–Crippen LogP) is 6.79. The van der Waals surface area contributed by atoms with Crippen molar-refractivity contribution in [1.29, 1.82) is 0 Å². The molecule has 1 N–H and O–H groups in total. The average molecular weight is 470 g/mol. The van der Waals surface area contributed by atoms with Gasteiger partial charge in [-0.3, -0.25) is 20.2 Å². The van der Waals surface area contributed by atoms with Crippen molar-refractivity contribution < 1.29 is 9.85 Å². The molecule has 35 heavy (non-hydrogen) atoms. The maximum Gasteiger partial charge on any atom is 0.277 e. The highest BCUT2D eigenvalue weighted by Gasteiger charge is 2.21. The van der Waals surface area contributed by atoms with Gasteiger partial charge in [-0.25, -0.2) is 0 Å². The zero-order valence-corrected chi connectivity index (χ0v) is 19.6. The SMILES string of the molecule is CNC.O=[N+]([O-])c1cc(C=CC=Cc2ccccc2)c([N+](=O)[O-])cc1C=CC=Cc1ccccc1. The third kappa shape index (κ3) is 9.03. The van der Waals surface area contributed by atoms with Crippen LogP contribution in [0.4, 0.5) is 11.4 Å². The van der Waals surface area contributed by atoms with E-state index in [1.54, 1.807) is 24.3 Å². The molecular weight excluding hydrogens is 442 g/mol. The van der Waals surface area contributed by atoms with Gasteiger partial charge in [0.1, 0.15) is 0 Å². The van der Waals surface area contributed by atoms with Crippen LogP contribution in [0.3, 0.4) is 0 Å². The van der Waals surface area contributed by atoms with Gasteiger partial charge in [0.15, 0.2) is 0 Å². The van der Waals surface area contributed by atoms with E-state index < -0.39 is 9.85 Å². The van der Waals surface area contributed by atoms with Gasteiger partial charge in [-0.05, 0) is 37.4 Å². The highest BCUT2D eigenvalue weighted by Crippen LogP contribution is 2.30. The van der Waals surface area contributed by atoms with Crippen LogP contribution < -0.4 is 5.32 Å². The van der Waals surface area contributed by atoms with E-state index in [4.69, 9.17) is 0 Å². The first kappa shape index (κ1) is 26.6. The lowest BCUT2D eigenvalue weighted by Gasteiger charge is -2.02. The Kier molecular flexibility index (Phi) is 11.0. The van der Waals surface area contributed by atoms with Crippen molar-refractivity contribution in [3.05, 3.63) is 140 Å². The molecule has 0 saturated carbocycles. The van der Waals surface area contributed by atoms with Crippen molar-refractivity contribution in [1.82, 2.24) is 5.32 Å². The summed E-state index contributed by atoms with van der Waals surface area (Å²) in [5.74, 6) is 0. The number of nitrogens with zero attached hydrogens (tertiary/aromatic N) is 2. The highest BCUT2D eigenvalue weighted by atomic mass is 16.6. The predicted molar refractivity (Wildman–Crippen MR) is 144 cm³/mol. The molecule has 0 atom stereocenters. The number of benzene rings is 3. The van der Waals surface area contributed by atoms with Gasteiger partial charge in [0.05, 0.1) is 21.0 Å². The first-order valence-corrected chi connectivity index (χ1v) is 10.8. The minimum absolute atomic E-state index is 0.163. The van der Waals surface area contributed by atoms with Gasteiger partial charge in [-0.1, -0.05) is 97.1 Å². The van der Waals surface area contributed by atoms with Crippen LogP contribution in [0.15, 0.2) is 97.1 Å². The number of nitro groups is 2. The number of hydrogen-bond acceptors (Lipinski definition) is 5. The van der Waals surface area contributed by atoms with Crippen LogP contribution in [0.25, 0.3) is 24.3 Å². The summed E-state index contributed by atoms with van der Waals surface area (Å²) in [6.07, 6.45) is 13.4. The highest BCUT2D eigenvalue weighted by molar-refractivity contribution is 5.74. The van der Waals surface area contributed by atoms with E-state index in [1.165, 1.54) is 24.3 Å². The molecule has 3 aromatic rings. The van der Waals surface area contributed by atoms with Gasteiger partial charge in [0, 0.05) is 12.1 Å². The Morgan fingerprint density at radius 2 is 0.914 bits per heavy atom. The first-order valence-electron chi connectivity index (χ1n) is 10.8. The average Bonchev–Trinajstić information content (AvgIpc) is 2.86. The molecule has 0 aliphatic heterocycles. The molecule has 0 aliphatic rings. The van der Waals surface area contributed by atoms with Crippen LogP contribution in [-0.2, 0) is 0 Å². The van der Waals surface area contributed by atoms with E-state index in [1.807, 2.05) is 86.9 Å². The number of nitrogens with one attached hydrogen (secondary N) is 1. The minimum Gasteiger partial charge on any atom is -0.323 e. The van der Waals surface area contributed by atoms with E-state index >= 15 is 0 Å². The van der Waals surface area contributed by atoms with E-state index in [-0.39, 0.29) is 22.5 Å². The summed E-state index contributed by atoms with van der Waals surface area (Å²) >= 11 is 0. The molecule has 7 heteroatoms. The van der Waals surface area contributed by atoms with Crippen LogP contribution >= 0.6 is 0 Å². The number of hydrogen-bond donors (Lipinski definition) is 1. The lowest BCUT2D eigenvalue weighted by Crippen LogP contribution is -1.97. The molecule has 7 nitrogen and oxygen atoms in total. The Labute approximate surface area is 204 Å². The Morgan fingerprint density at radius 3 is 1.23 bits per heavy atom. The van der Waals surface area contributed by atoms with Crippen LogP contribution in [0, 0.1) is 20.2 Å². The largest absolute Gasteiger partial charge is 0.323 e. The molecule has 0 radical (unpaired) electrons. The van der Waals surface area contributed by atoms with Crippen LogP contribution in [0.2, 0.25) is 0 Å². The molecule has 3 aromatic carbocycles. The van der Waals surface area contributed by atoms with Crippen molar-refractivity contribution >= 4 is 35.7 Å². The van der Waals surface area contributed by atoms with Crippen molar-refractivity contribution in [2.45, 2.75) is 0 Å². The lowest BCUT2D eigenvalue weighted by molar-refractivity contribution is -0.389. The normalized spacial score (nSPS) is 11.3. The summed E-state index contributed by atoms with van der Waals surface area (Å²) in [5, 5.41) is 25.9. The Hall–Kier alpha value is -4.62. The zero-order chi connectivity index (χ0) is 25.5. The summed E-state index contributed by atoms with van der Waals surface area (Å²) in [5.41, 5.74) is 1.87. The molecule has 0 spiro atoms. The van der Waals surface area contributed by atoms with Crippen LogP contribution in [0.1, 0.15) is 22.3 Å². The molecule has 0 aromatic heterocycles. The summed E-state index contributed by atoms with van der Waals surface area (Å²) in [4.78, 5) is 22.1. The number of allylic oxidation sites excluding steroid dienone is 4. The molecule has 0 saturated heterocycles. The standard InChI is InChI=1S/C26H20N2O4.C2H7N/c29-27(30)25-20-24(18-10-8-16-22-13-5-2-6-14-22)26(28(31)32)19-23(25)17-9-7-15-21-11-3-1-4-12-21;1-3-2/h1-20H;3H,1-2H3. The van der Waals surface area contributed by atoms with E-state index in [0.29, 0.717) is 0 Å². The van der Waals surface area contributed by atoms with Gasteiger partial charge >= 0.3 is 0 Å². The molecule has 0 heterocycles. The fourth-order valence-electron chi connectivity index (χ4n) is 2.97. The van der Waals surface area contributed by atoms with E-state index in [9.17, 15) is 20.2 Å². The number of rotatable bonds is 8. The van der Waals surface area contributed by atoms with Gasteiger partial charge in [0.25, 0.3) is 11.4 Å². The summed E-state index contributed by atoms with van der Waals surface area (Å²) in [6, 6.07) is 21.6. The molecule has 0 unspecified atom stereocenters. The molecular formula is C28H27N3O4. The van der Waals surface area contributed by atoms with Crippen molar-refractivity contribution in [2.24, 2.45) is 0 Å². The van der Waals surface area contributed by atoms with Crippen molar-refractivity contribution in [3.63, 3.8) is 0 Å². The van der Waals surface area contributed by atoms with Gasteiger partial charge in [0.2, 0.25) is 0 Å². The third-order valence-electron chi connectivity index (χ3n) is 4.52. The third-order valence-corrected chi connectivity index (χ3v) is 4.52. The van der Waals surface area contributed by atoms with Gasteiger partial charge in [-0.2, -0.15) is 0 Å². The Bertz CT molecular complexity index is 1130. The fourth-order valence-corrected chi connectivity index (χ4v) is 2.97. The maximum absolute atomic E-state index is 11.6. The molecule has 0 bridgehead atoms. The first-order chi connectivity index (χ1) is 17.0. The summed E-state index contributed by atoms with van der Waals surface area (Å²) in [7, 11) is 3.75. The van der Waals surface area contributed by atoms with Gasteiger partial charge in [-0.15, -0.1) is 0 Å². The zero-order valence-electron chi connectivity index (χ0n) is 19.6. The molecule has 0 amide bonds. The fraction of sp³-hybridized carbons (Fsp3) is 0.0714. The number of nitro benzene ring substituents is 2. The monoisotopic (exact) mass is 469 g/mol. The summed E-state index contributed by atoms with van der Waals surface area (Å²) < 4.78 is 0. The van der Waals surface area contributed by atoms with Gasteiger partial charge < -0.3 is 5.32 Å². The van der Waals surface area contributed by atoms with Crippen molar-refractivity contribution in [2.75, 3.05) is 14.1 Å². The van der Waals surface area contributed by atoms with E-state index in [2.05, 4.69) is 5.32 Å². The summed E-state index contributed by atoms with van der Waals surface area (Å²) in [6.45, 7) is 0. The van der Waals surface area contributed by atoms with E-state index in [0.717, 1.165) is 11.1 Å². The topological polar surface area (TPSA) is 98.3 Å². The molecule has 178 valence electrons. The van der Waals surface area contributed by atoms with Crippen molar-refractivity contribution in [3.8, 4) is 0 Å². The second kappa shape index (κ2) is 14.5. The Morgan fingerprint density at radius 1 is 0.600 bits per heavy atom. The molecule has 3 rings (SSSR count). The van der Waals surface area contributed by atoms with Crippen LogP contribution in [0.5, 0.6) is 0 Å².